The van der Waals surface area contributed by atoms with Crippen molar-refractivity contribution in [2.45, 2.75) is 12.1 Å². The van der Waals surface area contributed by atoms with Crippen molar-refractivity contribution in [3.05, 3.63) is 60.7 Å². The van der Waals surface area contributed by atoms with Crippen LogP contribution in [0.25, 0.3) is 17.1 Å². The van der Waals surface area contributed by atoms with Crippen molar-refractivity contribution in [1.82, 2.24) is 14.8 Å². The van der Waals surface area contributed by atoms with Crippen molar-refractivity contribution >= 4 is 11.8 Å². The molecule has 0 amide bonds. The van der Waals surface area contributed by atoms with Gasteiger partial charge in [-0.15, -0.1) is 10.2 Å². The van der Waals surface area contributed by atoms with Crippen LogP contribution in [-0.2, 0) is 0 Å². The Morgan fingerprint density at radius 2 is 1.54 bits per heavy atom. The summed E-state index contributed by atoms with van der Waals surface area (Å²) in [6.45, 7) is 5.98. The lowest BCUT2D eigenvalue weighted by atomic mass is 10.2. The molecule has 0 saturated carbocycles. The normalized spacial score (nSPS) is 10.6. The van der Waals surface area contributed by atoms with E-state index in [1.165, 1.54) is 0 Å². The minimum absolute atomic E-state index is 0.780. The molecular formula is C20H21N3O2S. The molecule has 0 fully saturated rings. The summed E-state index contributed by atoms with van der Waals surface area (Å²) in [6.07, 6.45) is 0. The van der Waals surface area contributed by atoms with Gasteiger partial charge in [-0.25, -0.2) is 0 Å². The van der Waals surface area contributed by atoms with E-state index in [0.29, 0.717) is 0 Å². The third kappa shape index (κ3) is 3.91. The molecule has 0 bridgehead atoms. The first-order valence-electron chi connectivity index (χ1n) is 8.14. The van der Waals surface area contributed by atoms with Gasteiger partial charge in [-0.3, -0.25) is 4.57 Å². The van der Waals surface area contributed by atoms with E-state index in [0.717, 1.165) is 45.1 Å². The van der Waals surface area contributed by atoms with Crippen molar-refractivity contribution < 1.29 is 9.47 Å². The molecule has 26 heavy (non-hydrogen) atoms. The molecule has 1 aromatic heterocycles. The van der Waals surface area contributed by atoms with E-state index in [4.69, 9.17) is 9.47 Å². The lowest BCUT2D eigenvalue weighted by Gasteiger charge is -2.11. The highest BCUT2D eigenvalue weighted by molar-refractivity contribution is 7.99. The molecule has 3 aromatic rings. The Morgan fingerprint density at radius 3 is 2.08 bits per heavy atom. The Morgan fingerprint density at radius 1 is 0.962 bits per heavy atom. The second kappa shape index (κ2) is 8.10. The van der Waals surface area contributed by atoms with Crippen LogP contribution in [0.2, 0.25) is 0 Å². The molecule has 0 aliphatic carbocycles. The molecule has 2 aromatic carbocycles. The first kappa shape index (κ1) is 18.1. The summed E-state index contributed by atoms with van der Waals surface area (Å²) in [5.74, 6) is 3.18. The van der Waals surface area contributed by atoms with Crippen LogP contribution in [0.15, 0.2) is 65.8 Å². The Bertz CT molecular complexity index is 886. The highest BCUT2D eigenvalue weighted by Crippen LogP contribution is 2.30. The summed E-state index contributed by atoms with van der Waals surface area (Å²) in [6, 6.07) is 15.7. The smallest absolute Gasteiger partial charge is 0.196 e. The van der Waals surface area contributed by atoms with Gasteiger partial charge in [0.25, 0.3) is 0 Å². The molecule has 0 atom stereocenters. The molecule has 134 valence electrons. The quantitative estimate of drug-likeness (QED) is 0.450. The first-order chi connectivity index (χ1) is 12.6. The molecule has 0 radical (unpaired) electrons. The van der Waals surface area contributed by atoms with E-state index in [1.807, 2.05) is 55.5 Å². The Balaban J connectivity index is 2.06. The van der Waals surface area contributed by atoms with Gasteiger partial charge in [-0.2, -0.15) is 0 Å². The molecule has 3 rings (SSSR count). The minimum atomic E-state index is 0.780. The fraction of sp³-hybridized carbons (Fsp3) is 0.200. The second-order valence-corrected chi connectivity index (χ2v) is 6.76. The van der Waals surface area contributed by atoms with Gasteiger partial charge in [0.2, 0.25) is 0 Å². The van der Waals surface area contributed by atoms with Crippen LogP contribution in [0.4, 0.5) is 0 Å². The maximum atomic E-state index is 5.26. The largest absolute Gasteiger partial charge is 0.497 e. The predicted octanol–water partition coefficient (Wildman–Crippen LogP) is 4.62. The van der Waals surface area contributed by atoms with E-state index in [1.54, 1.807) is 26.0 Å². The van der Waals surface area contributed by atoms with Crippen molar-refractivity contribution in [3.63, 3.8) is 0 Å². The van der Waals surface area contributed by atoms with E-state index < -0.39 is 0 Å². The van der Waals surface area contributed by atoms with Gasteiger partial charge < -0.3 is 9.47 Å². The standard InChI is InChI=1S/C20H21N3O2S/c1-14(2)13-26-20-22-21-19(15-5-9-17(24-3)10-6-15)23(20)16-7-11-18(25-4)12-8-16/h5-12H,1,13H2,2-4H3. The fourth-order valence-corrected chi connectivity index (χ4v) is 3.24. The van der Waals surface area contributed by atoms with Crippen LogP contribution in [0.3, 0.4) is 0 Å². The number of rotatable bonds is 7. The van der Waals surface area contributed by atoms with Crippen molar-refractivity contribution in [1.29, 1.82) is 0 Å². The topological polar surface area (TPSA) is 49.2 Å². The summed E-state index contributed by atoms with van der Waals surface area (Å²) < 4.78 is 12.6. The number of nitrogens with zero attached hydrogens (tertiary/aromatic N) is 3. The number of hydrogen-bond donors (Lipinski definition) is 0. The van der Waals surface area contributed by atoms with Gasteiger partial charge >= 0.3 is 0 Å². The van der Waals surface area contributed by atoms with E-state index in [2.05, 4.69) is 21.3 Å². The van der Waals surface area contributed by atoms with Crippen LogP contribution >= 0.6 is 11.8 Å². The van der Waals surface area contributed by atoms with Gasteiger partial charge in [0.1, 0.15) is 11.5 Å². The van der Waals surface area contributed by atoms with Gasteiger partial charge in [0.05, 0.1) is 14.2 Å². The lowest BCUT2D eigenvalue weighted by molar-refractivity contribution is 0.414. The molecule has 0 unspecified atom stereocenters. The van der Waals surface area contributed by atoms with E-state index in [-0.39, 0.29) is 0 Å². The number of ether oxygens (including phenoxy) is 2. The monoisotopic (exact) mass is 367 g/mol. The van der Waals surface area contributed by atoms with Gasteiger partial charge in [0.15, 0.2) is 11.0 Å². The number of hydrogen-bond acceptors (Lipinski definition) is 5. The van der Waals surface area contributed by atoms with Crippen LogP contribution in [0.1, 0.15) is 6.92 Å². The van der Waals surface area contributed by atoms with E-state index >= 15 is 0 Å². The third-order valence-electron chi connectivity index (χ3n) is 3.76. The Hall–Kier alpha value is -2.73. The number of thioether (sulfide) groups is 1. The zero-order valence-electron chi connectivity index (χ0n) is 15.1. The average Bonchev–Trinajstić information content (AvgIpc) is 3.10. The molecule has 0 aliphatic heterocycles. The Kier molecular flexibility index (Phi) is 5.63. The summed E-state index contributed by atoms with van der Waals surface area (Å²) >= 11 is 1.62. The van der Waals surface area contributed by atoms with Crippen LogP contribution in [0.5, 0.6) is 11.5 Å². The van der Waals surface area contributed by atoms with Crippen molar-refractivity contribution in [3.8, 4) is 28.6 Å². The number of methoxy groups -OCH3 is 2. The maximum Gasteiger partial charge on any atom is 0.196 e. The molecule has 0 aliphatic rings. The highest BCUT2D eigenvalue weighted by Gasteiger charge is 2.16. The van der Waals surface area contributed by atoms with Gasteiger partial charge in [-0.05, 0) is 55.5 Å². The third-order valence-corrected chi connectivity index (χ3v) is 4.92. The molecule has 0 N–H and O–H groups in total. The van der Waals surface area contributed by atoms with Crippen LogP contribution in [-0.4, -0.2) is 34.7 Å². The second-order valence-electron chi connectivity index (χ2n) is 5.81. The van der Waals surface area contributed by atoms with Crippen LogP contribution < -0.4 is 9.47 Å². The van der Waals surface area contributed by atoms with Crippen molar-refractivity contribution in [2.24, 2.45) is 0 Å². The summed E-state index contributed by atoms with van der Waals surface area (Å²) in [5, 5.41) is 9.65. The minimum Gasteiger partial charge on any atom is -0.497 e. The first-order valence-corrected chi connectivity index (χ1v) is 9.12. The Labute approximate surface area is 157 Å². The maximum absolute atomic E-state index is 5.26. The highest BCUT2D eigenvalue weighted by atomic mass is 32.2. The molecule has 6 heteroatoms. The summed E-state index contributed by atoms with van der Waals surface area (Å²) in [4.78, 5) is 0. The molecule has 1 heterocycles. The predicted molar refractivity (Wildman–Crippen MR) is 105 cm³/mol. The molecule has 0 saturated heterocycles. The van der Waals surface area contributed by atoms with E-state index in [9.17, 15) is 0 Å². The number of benzene rings is 2. The average molecular weight is 367 g/mol. The summed E-state index contributed by atoms with van der Waals surface area (Å²) in [5.41, 5.74) is 3.03. The van der Waals surface area contributed by atoms with Gasteiger partial charge in [-0.1, -0.05) is 23.9 Å². The molecular weight excluding hydrogens is 346 g/mol. The zero-order chi connectivity index (χ0) is 18.5. The zero-order valence-corrected chi connectivity index (χ0v) is 15.9. The van der Waals surface area contributed by atoms with Crippen LogP contribution in [0, 0.1) is 0 Å². The fourth-order valence-electron chi connectivity index (χ4n) is 2.44. The lowest BCUT2D eigenvalue weighted by Crippen LogP contribution is -2.00. The SMILES string of the molecule is C=C(C)CSc1nnc(-c2ccc(OC)cc2)n1-c1ccc(OC)cc1. The molecule has 5 nitrogen and oxygen atoms in total. The van der Waals surface area contributed by atoms with Crippen molar-refractivity contribution in [2.75, 3.05) is 20.0 Å². The van der Waals surface area contributed by atoms with Gasteiger partial charge in [0, 0.05) is 17.0 Å². The summed E-state index contributed by atoms with van der Waals surface area (Å²) in [7, 11) is 3.31. The molecule has 0 spiro atoms. The number of aromatic nitrogens is 3.